The van der Waals surface area contributed by atoms with Crippen molar-refractivity contribution in [2.24, 2.45) is 0 Å². The van der Waals surface area contributed by atoms with Gasteiger partial charge in [-0.3, -0.25) is 4.79 Å². The van der Waals surface area contributed by atoms with Crippen LogP contribution in [-0.2, 0) is 14.6 Å². The maximum atomic E-state index is 11.9. The SMILES string of the molecule is O=C(Nc1cccc(Cl)n1)C1CCCCS1(=O)=O. The maximum absolute atomic E-state index is 11.9. The van der Waals surface area contributed by atoms with Gasteiger partial charge in [-0.1, -0.05) is 24.1 Å². The summed E-state index contributed by atoms with van der Waals surface area (Å²) in [6.07, 6.45) is 1.75. The van der Waals surface area contributed by atoms with Crippen molar-refractivity contribution in [3.8, 4) is 0 Å². The highest BCUT2D eigenvalue weighted by molar-refractivity contribution is 7.92. The van der Waals surface area contributed by atoms with Crippen LogP contribution in [0.4, 0.5) is 5.82 Å². The largest absolute Gasteiger partial charge is 0.310 e. The molecule has 0 aliphatic carbocycles. The van der Waals surface area contributed by atoms with Crippen LogP contribution in [0, 0.1) is 0 Å². The van der Waals surface area contributed by atoms with Gasteiger partial charge in [0.15, 0.2) is 9.84 Å². The molecular weight excluding hydrogens is 276 g/mol. The van der Waals surface area contributed by atoms with Gasteiger partial charge in [0.2, 0.25) is 5.91 Å². The zero-order valence-corrected chi connectivity index (χ0v) is 11.2. The molecule has 2 rings (SSSR count). The Kier molecular flexibility index (Phi) is 3.87. The molecular formula is C11H13ClN2O3S. The smallest absolute Gasteiger partial charge is 0.243 e. The monoisotopic (exact) mass is 288 g/mol. The summed E-state index contributed by atoms with van der Waals surface area (Å²) in [6, 6.07) is 4.79. The van der Waals surface area contributed by atoms with Crippen molar-refractivity contribution in [3.63, 3.8) is 0 Å². The van der Waals surface area contributed by atoms with Crippen molar-refractivity contribution >= 4 is 33.2 Å². The van der Waals surface area contributed by atoms with E-state index in [0.29, 0.717) is 12.8 Å². The summed E-state index contributed by atoms with van der Waals surface area (Å²) in [6.45, 7) is 0. The molecule has 0 spiro atoms. The van der Waals surface area contributed by atoms with Gasteiger partial charge >= 0.3 is 0 Å². The summed E-state index contributed by atoms with van der Waals surface area (Å²) in [7, 11) is -3.33. The minimum atomic E-state index is -3.33. The van der Waals surface area contributed by atoms with Crippen LogP contribution < -0.4 is 5.32 Å². The second kappa shape index (κ2) is 5.24. The molecule has 0 bridgehead atoms. The topological polar surface area (TPSA) is 76.1 Å². The molecule has 1 unspecified atom stereocenters. The molecule has 1 atom stereocenters. The Morgan fingerprint density at radius 1 is 1.39 bits per heavy atom. The molecule has 1 fully saturated rings. The molecule has 5 nitrogen and oxygen atoms in total. The van der Waals surface area contributed by atoms with E-state index in [1.807, 2.05) is 0 Å². The van der Waals surface area contributed by atoms with Crippen molar-refractivity contribution in [1.82, 2.24) is 4.98 Å². The van der Waals surface area contributed by atoms with Crippen LogP contribution in [0.25, 0.3) is 0 Å². The molecule has 1 amide bonds. The first-order valence-electron chi connectivity index (χ1n) is 5.64. The highest BCUT2D eigenvalue weighted by atomic mass is 35.5. The number of aromatic nitrogens is 1. The van der Waals surface area contributed by atoms with E-state index in [1.165, 1.54) is 0 Å². The van der Waals surface area contributed by atoms with Crippen molar-refractivity contribution in [1.29, 1.82) is 0 Å². The lowest BCUT2D eigenvalue weighted by Gasteiger charge is -2.21. The summed E-state index contributed by atoms with van der Waals surface area (Å²) in [4.78, 5) is 15.8. The van der Waals surface area contributed by atoms with E-state index in [0.717, 1.165) is 6.42 Å². The number of anilines is 1. The first-order valence-corrected chi connectivity index (χ1v) is 7.73. The number of halogens is 1. The van der Waals surface area contributed by atoms with Gasteiger partial charge in [0, 0.05) is 0 Å². The van der Waals surface area contributed by atoms with Gasteiger partial charge in [0.1, 0.15) is 16.2 Å². The molecule has 0 aromatic carbocycles. The van der Waals surface area contributed by atoms with Gasteiger partial charge in [0.05, 0.1) is 5.75 Å². The minimum Gasteiger partial charge on any atom is -0.310 e. The quantitative estimate of drug-likeness (QED) is 0.840. The van der Waals surface area contributed by atoms with Crippen molar-refractivity contribution in [3.05, 3.63) is 23.4 Å². The molecule has 1 saturated heterocycles. The van der Waals surface area contributed by atoms with E-state index in [2.05, 4.69) is 10.3 Å². The van der Waals surface area contributed by atoms with Gasteiger partial charge in [0.25, 0.3) is 0 Å². The third-order valence-electron chi connectivity index (χ3n) is 2.84. The molecule has 1 aliphatic heterocycles. The lowest BCUT2D eigenvalue weighted by Crippen LogP contribution is -2.39. The summed E-state index contributed by atoms with van der Waals surface area (Å²) in [5, 5.41) is 1.78. The molecule has 2 heterocycles. The molecule has 1 aliphatic rings. The zero-order chi connectivity index (χ0) is 13.2. The number of hydrogen-bond donors (Lipinski definition) is 1. The third kappa shape index (κ3) is 3.00. The average molecular weight is 289 g/mol. The van der Waals surface area contributed by atoms with E-state index in [4.69, 9.17) is 11.6 Å². The van der Waals surface area contributed by atoms with Crippen LogP contribution in [-0.4, -0.2) is 30.3 Å². The van der Waals surface area contributed by atoms with Crippen LogP contribution in [0.15, 0.2) is 18.2 Å². The standard InChI is InChI=1S/C11H13ClN2O3S/c12-9-5-3-6-10(13-9)14-11(15)8-4-1-2-7-18(8,16)17/h3,5-6,8H,1-2,4,7H2,(H,13,14,15). The van der Waals surface area contributed by atoms with E-state index >= 15 is 0 Å². The van der Waals surface area contributed by atoms with Crippen LogP contribution >= 0.6 is 11.6 Å². The van der Waals surface area contributed by atoms with Crippen molar-refractivity contribution in [2.45, 2.75) is 24.5 Å². The van der Waals surface area contributed by atoms with Crippen LogP contribution in [0.1, 0.15) is 19.3 Å². The molecule has 0 saturated carbocycles. The third-order valence-corrected chi connectivity index (χ3v) is 5.22. The Morgan fingerprint density at radius 2 is 2.17 bits per heavy atom. The number of hydrogen-bond acceptors (Lipinski definition) is 4. The number of sulfone groups is 1. The number of amides is 1. The molecule has 18 heavy (non-hydrogen) atoms. The van der Waals surface area contributed by atoms with Gasteiger partial charge in [-0.05, 0) is 25.0 Å². The average Bonchev–Trinajstić information content (AvgIpc) is 2.28. The molecule has 0 radical (unpaired) electrons. The summed E-state index contributed by atoms with van der Waals surface area (Å²) in [5.41, 5.74) is 0. The number of carbonyl (C=O) groups excluding carboxylic acids is 1. The van der Waals surface area contributed by atoms with E-state index in [-0.39, 0.29) is 16.7 Å². The maximum Gasteiger partial charge on any atom is 0.243 e. The fourth-order valence-electron chi connectivity index (χ4n) is 1.93. The van der Waals surface area contributed by atoms with Crippen LogP contribution in [0.5, 0.6) is 0 Å². The second-order valence-corrected chi connectivity index (χ2v) is 6.88. The fourth-order valence-corrected chi connectivity index (χ4v) is 3.90. The number of nitrogens with one attached hydrogen (secondary N) is 1. The van der Waals surface area contributed by atoms with Crippen molar-refractivity contribution in [2.75, 3.05) is 11.1 Å². The molecule has 1 N–H and O–H groups in total. The highest BCUT2D eigenvalue weighted by Gasteiger charge is 2.34. The van der Waals surface area contributed by atoms with E-state index in [9.17, 15) is 13.2 Å². The van der Waals surface area contributed by atoms with E-state index < -0.39 is 21.0 Å². The lowest BCUT2D eigenvalue weighted by molar-refractivity contribution is -0.116. The van der Waals surface area contributed by atoms with Crippen molar-refractivity contribution < 1.29 is 13.2 Å². The van der Waals surface area contributed by atoms with Gasteiger partial charge < -0.3 is 5.32 Å². The predicted octanol–water partition coefficient (Wildman–Crippen LogP) is 1.64. The normalized spacial score (nSPS) is 22.4. The van der Waals surface area contributed by atoms with Crippen LogP contribution in [0.2, 0.25) is 5.15 Å². The Hall–Kier alpha value is -1.14. The lowest BCUT2D eigenvalue weighted by atomic mass is 10.2. The Morgan fingerprint density at radius 3 is 2.83 bits per heavy atom. The summed E-state index contributed by atoms with van der Waals surface area (Å²) >= 11 is 5.69. The first kappa shape index (κ1) is 13.3. The number of pyridine rings is 1. The summed E-state index contributed by atoms with van der Waals surface area (Å²) in [5.74, 6) is -0.175. The van der Waals surface area contributed by atoms with Crippen LogP contribution in [0.3, 0.4) is 0 Å². The van der Waals surface area contributed by atoms with E-state index in [1.54, 1.807) is 18.2 Å². The number of carbonyl (C=O) groups is 1. The Balaban J connectivity index is 2.12. The second-order valence-electron chi connectivity index (χ2n) is 4.19. The summed E-state index contributed by atoms with van der Waals surface area (Å²) < 4.78 is 23.5. The number of rotatable bonds is 2. The van der Waals surface area contributed by atoms with Gasteiger partial charge in [-0.2, -0.15) is 0 Å². The molecule has 1 aromatic heterocycles. The fraction of sp³-hybridized carbons (Fsp3) is 0.455. The first-order chi connectivity index (χ1) is 8.49. The Bertz CT molecular complexity index is 559. The predicted molar refractivity (Wildman–Crippen MR) is 69.3 cm³/mol. The Labute approximate surface area is 110 Å². The number of nitrogens with zero attached hydrogens (tertiary/aromatic N) is 1. The minimum absolute atomic E-state index is 0.0774. The van der Waals surface area contributed by atoms with Gasteiger partial charge in [-0.25, -0.2) is 13.4 Å². The van der Waals surface area contributed by atoms with Gasteiger partial charge in [-0.15, -0.1) is 0 Å². The molecule has 7 heteroatoms. The highest BCUT2D eigenvalue weighted by Crippen LogP contribution is 2.21. The zero-order valence-electron chi connectivity index (χ0n) is 9.60. The molecule has 1 aromatic rings. The molecule has 98 valence electrons.